The SMILES string of the molecule is COC(=O)CC[C@@H](C)C1CCC2C3CC(=O)[C@@H]4C[C@H](O)CC[C@]4(C)C3CC[C@@]21C. The van der Waals surface area contributed by atoms with E-state index in [1.807, 2.05) is 0 Å². The van der Waals surface area contributed by atoms with Gasteiger partial charge in [0.15, 0.2) is 0 Å². The number of aliphatic hydroxyl groups is 1. The van der Waals surface area contributed by atoms with Crippen molar-refractivity contribution in [3.05, 3.63) is 0 Å². The molecule has 0 aromatic carbocycles. The van der Waals surface area contributed by atoms with E-state index in [4.69, 9.17) is 4.74 Å². The van der Waals surface area contributed by atoms with Crippen LogP contribution in [0.2, 0.25) is 0 Å². The maximum atomic E-state index is 13.2. The van der Waals surface area contributed by atoms with Crippen molar-refractivity contribution in [2.45, 2.75) is 91.1 Å². The Bertz CT molecular complexity index is 659. The zero-order valence-electron chi connectivity index (χ0n) is 18.8. The Balaban J connectivity index is 1.52. The minimum atomic E-state index is -0.283. The third kappa shape index (κ3) is 3.38. The largest absolute Gasteiger partial charge is 0.469 e. The highest BCUT2D eigenvalue weighted by Gasteiger charge is 2.62. The molecule has 0 spiro atoms. The molecule has 0 aliphatic heterocycles. The topological polar surface area (TPSA) is 63.6 Å². The van der Waals surface area contributed by atoms with E-state index in [0.29, 0.717) is 53.6 Å². The molecule has 4 rings (SSSR count). The minimum Gasteiger partial charge on any atom is -0.469 e. The van der Waals surface area contributed by atoms with Crippen LogP contribution in [0.4, 0.5) is 0 Å². The van der Waals surface area contributed by atoms with Crippen LogP contribution in [0.25, 0.3) is 0 Å². The summed E-state index contributed by atoms with van der Waals surface area (Å²) in [5.74, 6) is 3.37. The van der Waals surface area contributed by atoms with Gasteiger partial charge in [0.05, 0.1) is 13.2 Å². The summed E-state index contributed by atoms with van der Waals surface area (Å²) in [6.07, 6.45) is 9.39. The summed E-state index contributed by atoms with van der Waals surface area (Å²) in [6.45, 7) is 7.18. The third-order valence-electron chi connectivity index (χ3n) is 10.2. The fourth-order valence-electron chi connectivity index (χ4n) is 8.64. The first-order valence-corrected chi connectivity index (χ1v) is 12.0. The summed E-state index contributed by atoms with van der Waals surface area (Å²) < 4.78 is 4.85. The average Bonchev–Trinajstić information content (AvgIpc) is 3.05. The van der Waals surface area contributed by atoms with Crippen LogP contribution in [-0.2, 0) is 14.3 Å². The van der Waals surface area contributed by atoms with Crippen molar-refractivity contribution in [3.8, 4) is 0 Å². The number of carbonyl (C=O) groups is 2. The minimum absolute atomic E-state index is 0.0769. The van der Waals surface area contributed by atoms with Gasteiger partial charge in [-0.25, -0.2) is 0 Å². The quantitative estimate of drug-likeness (QED) is 0.685. The van der Waals surface area contributed by atoms with Crippen LogP contribution in [-0.4, -0.2) is 30.1 Å². The van der Waals surface area contributed by atoms with Crippen molar-refractivity contribution in [3.63, 3.8) is 0 Å². The van der Waals surface area contributed by atoms with Crippen LogP contribution in [0.1, 0.15) is 85.0 Å². The predicted molar refractivity (Wildman–Crippen MR) is 112 cm³/mol. The van der Waals surface area contributed by atoms with Gasteiger partial charge in [0.2, 0.25) is 0 Å². The molecule has 0 heterocycles. The summed E-state index contributed by atoms with van der Waals surface area (Å²) in [5.41, 5.74) is 0.392. The number of ketones is 1. The van der Waals surface area contributed by atoms with E-state index < -0.39 is 0 Å². The smallest absolute Gasteiger partial charge is 0.305 e. The molecule has 4 fully saturated rings. The molecule has 0 aromatic heterocycles. The standard InChI is InChI=1S/C25H40O4/c1-15(5-8-23(28)29-4)18-6-7-19-17-14-22(27)21-13-16(26)9-11-25(21,3)20(17)10-12-24(18,19)2/h15-21,26H,5-14H2,1-4H3/t15-,16-,17?,18?,19?,20?,21+,24-,25-/m1/s1. The van der Waals surface area contributed by atoms with E-state index in [1.54, 1.807) is 0 Å². The second-order valence-electron chi connectivity index (χ2n) is 11.4. The van der Waals surface area contributed by atoms with E-state index in [2.05, 4.69) is 20.8 Å². The number of hydrogen-bond acceptors (Lipinski definition) is 4. The number of hydrogen-bond donors (Lipinski definition) is 1. The highest BCUT2D eigenvalue weighted by molar-refractivity contribution is 5.83. The van der Waals surface area contributed by atoms with Gasteiger partial charge >= 0.3 is 5.97 Å². The predicted octanol–water partition coefficient (Wildman–Crippen LogP) is 4.77. The van der Waals surface area contributed by atoms with E-state index in [1.165, 1.54) is 32.8 Å². The van der Waals surface area contributed by atoms with E-state index in [-0.39, 0.29) is 23.4 Å². The number of methoxy groups -OCH3 is 1. The van der Waals surface area contributed by atoms with Gasteiger partial charge in [-0.2, -0.15) is 0 Å². The first-order chi connectivity index (χ1) is 13.7. The molecule has 4 saturated carbocycles. The van der Waals surface area contributed by atoms with Crippen molar-refractivity contribution < 1.29 is 19.4 Å². The molecule has 4 aliphatic carbocycles. The van der Waals surface area contributed by atoms with Crippen LogP contribution in [0.15, 0.2) is 0 Å². The molecule has 0 aromatic rings. The second kappa shape index (κ2) is 7.66. The highest BCUT2D eigenvalue weighted by Crippen LogP contribution is 2.67. The molecular weight excluding hydrogens is 364 g/mol. The maximum absolute atomic E-state index is 13.2. The lowest BCUT2D eigenvalue weighted by atomic mass is 9.44. The normalized spacial score (nSPS) is 47.7. The van der Waals surface area contributed by atoms with Gasteiger partial charge in [-0.05, 0) is 91.8 Å². The number of esters is 1. The first kappa shape index (κ1) is 21.3. The highest BCUT2D eigenvalue weighted by atomic mass is 16.5. The summed E-state index contributed by atoms with van der Waals surface area (Å²) in [4.78, 5) is 24.8. The summed E-state index contributed by atoms with van der Waals surface area (Å²) in [5, 5.41) is 10.2. The number of aliphatic hydroxyl groups excluding tert-OH is 1. The van der Waals surface area contributed by atoms with E-state index >= 15 is 0 Å². The van der Waals surface area contributed by atoms with E-state index in [0.717, 1.165) is 25.7 Å². The van der Waals surface area contributed by atoms with Gasteiger partial charge in [-0.1, -0.05) is 20.8 Å². The molecule has 9 atom stereocenters. The summed E-state index contributed by atoms with van der Waals surface area (Å²) in [6, 6.07) is 0. The van der Waals surface area contributed by atoms with Gasteiger partial charge < -0.3 is 9.84 Å². The lowest BCUT2D eigenvalue weighted by Crippen LogP contribution is -2.57. The summed E-state index contributed by atoms with van der Waals surface area (Å²) >= 11 is 0. The third-order valence-corrected chi connectivity index (χ3v) is 10.2. The fourth-order valence-corrected chi connectivity index (χ4v) is 8.64. The van der Waals surface area contributed by atoms with Crippen LogP contribution in [0.5, 0.6) is 0 Å². The molecule has 0 saturated heterocycles. The van der Waals surface area contributed by atoms with Crippen molar-refractivity contribution in [1.82, 2.24) is 0 Å². The lowest BCUT2D eigenvalue weighted by molar-refractivity contribution is -0.160. The molecule has 1 N–H and O–H groups in total. The Morgan fingerprint density at radius 3 is 2.55 bits per heavy atom. The maximum Gasteiger partial charge on any atom is 0.305 e. The Labute approximate surface area is 176 Å². The Morgan fingerprint density at radius 2 is 1.83 bits per heavy atom. The van der Waals surface area contributed by atoms with Crippen molar-refractivity contribution in [1.29, 1.82) is 0 Å². The number of ether oxygens (including phenoxy) is 1. The molecule has 0 bridgehead atoms. The molecule has 164 valence electrons. The lowest BCUT2D eigenvalue weighted by Gasteiger charge is -2.60. The number of fused-ring (bicyclic) bond motifs is 5. The van der Waals surface area contributed by atoms with Gasteiger partial charge in [0.25, 0.3) is 0 Å². The average molecular weight is 405 g/mol. The van der Waals surface area contributed by atoms with Crippen molar-refractivity contribution >= 4 is 11.8 Å². The van der Waals surface area contributed by atoms with E-state index in [9.17, 15) is 14.7 Å². The van der Waals surface area contributed by atoms with Crippen LogP contribution in [0.3, 0.4) is 0 Å². The number of rotatable bonds is 4. The molecular formula is C25H40O4. The molecule has 4 unspecified atom stereocenters. The van der Waals surface area contributed by atoms with Crippen LogP contribution >= 0.6 is 0 Å². The van der Waals surface area contributed by atoms with Crippen LogP contribution < -0.4 is 0 Å². The van der Waals surface area contributed by atoms with Gasteiger partial charge in [-0.15, -0.1) is 0 Å². The Morgan fingerprint density at radius 1 is 1.14 bits per heavy atom. The molecule has 4 aliphatic rings. The number of Topliss-reactive ketones (excluding diaryl/α,β-unsaturated/α-hetero) is 1. The molecule has 0 radical (unpaired) electrons. The molecule has 29 heavy (non-hydrogen) atoms. The Hall–Kier alpha value is -0.900. The molecule has 4 nitrogen and oxygen atoms in total. The van der Waals surface area contributed by atoms with Gasteiger partial charge in [0.1, 0.15) is 5.78 Å². The second-order valence-corrected chi connectivity index (χ2v) is 11.4. The Kier molecular flexibility index (Phi) is 5.63. The summed E-state index contributed by atoms with van der Waals surface area (Å²) in [7, 11) is 1.47. The molecule has 0 amide bonds. The first-order valence-electron chi connectivity index (χ1n) is 12.0. The monoisotopic (exact) mass is 404 g/mol. The zero-order chi connectivity index (χ0) is 21.0. The fraction of sp³-hybridized carbons (Fsp3) is 0.920. The van der Waals surface area contributed by atoms with Gasteiger partial charge in [-0.3, -0.25) is 9.59 Å². The van der Waals surface area contributed by atoms with Crippen molar-refractivity contribution in [2.75, 3.05) is 7.11 Å². The van der Waals surface area contributed by atoms with Crippen LogP contribution in [0, 0.1) is 46.3 Å². The number of carbonyl (C=O) groups excluding carboxylic acids is 2. The van der Waals surface area contributed by atoms with Crippen molar-refractivity contribution in [2.24, 2.45) is 46.3 Å². The zero-order valence-corrected chi connectivity index (χ0v) is 18.8. The molecule has 4 heteroatoms. The van der Waals surface area contributed by atoms with Gasteiger partial charge in [0, 0.05) is 18.8 Å².